The van der Waals surface area contributed by atoms with Crippen molar-refractivity contribution in [2.75, 3.05) is 19.4 Å². The maximum Gasteiger partial charge on any atom is 0.309 e. The molecule has 0 saturated carbocycles. The van der Waals surface area contributed by atoms with Crippen molar-refractivity contribution >= 4 is 16.0 Å². The molecule has 0 aliphatic carbocycles. The highest BCUT2D eigenvalue weighted by molar-refractivity contribution is 7.87. The van der Waals surface area contributed by atoms with Crippen LogP contribution in [0.1, 0.15) is 52.5 Å². The molecule has 0 radical (unpaired) electrons. The second-order valence-corrected chi connectivity index (χ2v) is 8.55. The van der Waals surface area contributed by atoms with Crippen molar-refractivity contribution in [3.8, 4) is 11.5 Å². The molecule has 0 aliphatic heterocycles. The van der Waals surface area contributed by atoms with Crippen molar-refractivity contribution in [3.63, 3.8) is 0 Å². The summed E-state index contributed by atoms with van der Waals surface area (Å²) in [7, 11) is -2.20. The molecule has 7 heteroatoms. The Bertz CT molecular complexity index is 685. The average Bonchev–Trinajstić information content (AvgIpc) is 2.58. The second kappa shape index (κ2) is 10.4. The van der Waals surface area contributed by atoms with Gasteiger partial charge in [0.1, 0.15) is 0 Å². The normalized spacial score (nSPS) is 11.5. The van der Waals surface area contributed by atoms with Crippen molar-refractivity contribution in [1.82, 2.24) is 4.90 Å². The molecule has 0 aliphatic rings. The standard InChI is InChI=1S/C19H31NO5S/c1-6-8-9-19(21)20(13-15(3)4)14-16-10-11-17(24-5)18(12-16)25-26(22,23)7-2/h10-12,15H,6-9,13-14H2,1-5H3. The first-order valence-corrected chi connectivity index (χ1v) is 10.7. The number of rotatable bonds is 11. The van der Waals surface area contributed by atoms with Gasteiger partial charge in [0.05, 0.1) is 12.9 Å². The van der Waals surface area contributed by atoms with Crippen LogP contribution in [0.2, 0.25) is 0 Å². The first-order chi connectivity index (χ1) is 12.2. The van der Waals surface area contributed by atoms with Gasteiger partial charge in [-0.25, -0.2) is 0 Å². The number of carbonyl (C=O) groups excluding carboxylic acids is 1. The van der Waals surface area contributed by atoms with Gasteiger partial charge in [0.15, 0.2) is 11.5 Å². The molecule has 148 valence electrons. The molecular weight excluding hydrogens is 354 g/mol. The Hall–Kier alpha value is -1.76. The fraction of sp³-hybridized carbons (Fsp3) is 0.632. The minimum absolute atomic E-state index is 0.111. The average molecular weight is 386 g/mol. The van der Waals surface area contributed by atoms with Gasteiger partial charge < -0.3 is 13.8 Å². The maximum atomic E-state index is 12.5. The summed E-state index contributed by atoms with van der Waals surface area (Å²) in [6.07, 6.45) is 2.35. The van der Waals surface area contributed by atoms with E-state index in [9.17, 15) is 13.2 Å². The first kappa shape index (κ1) is 22.3. The minimum Gasteiger partial charge on any atom is -0.493 e. The Balaban J connectivity index is 3.05. The van der Waals surface area contributed by atoms with Gasteiger partial charge in [0, 0.05) is 19.5 Å². The van der Waals surface area contributed by atoms with Crippen molar-refractivity contribution in [3.05, 3.63) is 23.8 Å². The van der Waals surface area contributed by atoms with Gasteiger partial charge in [-0.05, 0) is 37.0 Å². The van der Waals surface area contributed by atoms with Gasteiger partial charge in [0.25, 0.3) is 0 Å². The van der Waals surface area contributed by atoms with E-state index in [0.717, 1.165) is 18.4 Å². The lowest BCUT2D eigenvalue weighted by molar-refractivity contribution is -0.132. The van der Waals surface area contributed by atoms with Crippen molar-refractivity contribution in [2.45, 2.75) is 53.5 Å². The smallest absolute Gasteiger partial charge is 0.309 e. The molecule has 0 fully saturated rings. The third kappa shape index (κ3) is 7.23. The van der Waals surface area contributed by atoms with E-state index in [4.69, 9.17) is 8.92 Å². The molecule has 1 aromatic rings. The van der Waals surface area contributed by atoms with Crippen LogP contribution in [0.3, 0.4) is 0 Å². The molecular formula is C19H31NO5S. The van der Waals surface area contributed by atoms with E-state index in [0.29, 0.717) is 31.2 Å². The third-order valence-corrected chi connectivity index (χ3v) is 4.99. The number of ether oxygens (including phenoxy) is 1. The first-order valence-electron chi connectivity index (χ1n) is 9.09. The molecule has 0 atom stereocenters. The molecule has 0 unspecified atom stereocenters. The van der Waals surface area contributed by atoms with E-state index >= 15 is 0 Å². The fourth-order valence-corrected chi connectivity index (χ4v) is 3.00. The molecule has 1 aromatic carbocycles. The Labute approximate surface area is 157 Å². The Morgan fingerprint density at radius 1 is 1.19 bits per heavy atom. The van der Waals surface area contributed by atoms with Gasteiger partial charge in [-0.3, -0.25) is 4.79 Å². The molecule has 0 spiro atoms. The summed E-state index contributed by atoms with van der Waals surface area (Å²) >= 11 is 0. The Morgan fingerprint density at radius 3 is 2.42 bits per heavy atom. The number of carbonyl (C=O) groups is 1. The number of unbranched alkanes of at least 4 members (excludes halogenated alkanes) is 1. The second-order valence-electron chi connectivity index (χ2n) is 6.69. The molecule has 26 heavy (non-hydrogen) atoms. The molecule has 0 aromatic heterocycles. The summed E-state index contributed by atoms with van der Waals surface area (Å²) in [5.41, 5.74) is 0.803. The summed E-state index contributed by atoms with van der Waals surface area (Å²) < 4.78 is 33.9. The maximum absolute atomic E-state index is 12.5. The van der Waals surface area contributed by atoms with E-state index in [1.54, 1.807) is 12.1 Å². The van der Waals surface area contributed by atoms with Gasteiger partial charge in [0.2, 0.25) is 5.91 Å². The van der Waals surface area contributed by atoms with Gasteiger partial charge >= 0.3 is 10.1 Å². The van der Waals surface area contributed by atoms with Crippen LogP contribution in [0.4, 0.5) is 0 Å². The number of hydrogen-bond acceptors (Lipinski definition) is 5. The number of hydrogen-bond donors (Lipinski definition) is 0. The van der Waals surface area contributed by atoms with Crippen molar-refractivity contribution in [2.24, 2.45) is 5.92 Å². The predicted molar refractivity (Wildman–Crippen MR) is 103 cm³/mol. The zero-order valence-electron chi connectivity index (χ0n) is 16.4. The van der Waals surface area contributed by atoms with Crippen LogP contribution >= 0.6 is 0 Å². The molecule has 1 amide bonds. The molecule has 0 saturated heterocycles. The number of nitrogens with zero attached hydrogens (tertiary/aromatic N) is 1. The largest absolute Gasteiger partial charge is 0.493 e. The van der Waals surface area contributed by atoms with Crippen molar-refractivity contribution < 1.29 is 22.1 Å². The Kier molecular flexibility index (Phi) is 8.92. The van der Waals surface area contributed by atoms with Crippen LogP contribution in [-0.4, -0.2) is 38.6 Å². The molecule has 6 nitrogen and oxygen atoms in total. The highest BCUT2D eigenvalue weighted by Gasteiger charge is 2.18. The molecule has 0 bridgehead atoms. The molecule has 0 N–H and O–H groups in total. The van der Waals surface area contributed by atoms with Crippen LogP contribution in [-0.2, 0) is 21.5 Å². The lowest BCUT2D eigenvalue weighted by Crippen LogP contribution is -2.33. The van der Waals surface area contributed by atoms with E-state index in [1.807, 2.05) is 11.0 Å². The van der Waals surface area contributed by atoms with Crippen LogP contribution in [0.15, 0.2) is 18.2 Å². The lowest BCUT2D eigenvalue weighted by atomic mass is 10.1. The van der Waals surface area contributed by atoms with Crippen LogP contribution in [0.5, 0.6) is 11.5 Å². The zero-order chi connectivity index (χ0) is 19.7. The summed E-state index contributed by atoms with van der Waals surface area (Å²) in [5.74, 6) is 0.820. The quantitative estimate of drug-likeness (QED) is 0.544. The van der Waals surface area contributed by atoms with Gasteiger partial charge in [-0.1, -0.05) is 33.3 Å². The van der Waals surface area contributed by atoms with E-state index in [1.165, 1.54) is 14.0 Å². The zero-order valence-corrected chi connectivity index (χ0v) is 17.3. The summed E-state index contributed by atoms with van der Waals surface area (Å²) in [6, 6.07) is 5.12. The van der Waals surface area contributed by atoms with Crippen LogP contribution in [0, 0.1) is 5.92 Å². The third-order valence-electron chi connectivity index (χ3n) is 3.85. The molecule has 1 rings (SSSR count). The highest BCUT2D eigenvalue weighted by atomic mass is 32.2. The number of benzene rings is 1. The SMILES string of the molecule is CCCCC(=O)N(Cc1ccc(OC)c(OS(=O)(=O)CC)c1)CC(C)C. The number of amides is 1. The van der Waals surface area contributed by atoms with Crippen LogP contribution in [0.25, 0.3) is 0 Å². The Morgan fingerprint density at radius 2 is 1.88 bits per heavy atom. The van der Waals surface area contributed by atoms with E-state index < -0.39 is 10.1 Å². The summed E-state index contributed by atoms with van der Waals surface area (Å²) in [4.78, 5) is 14.3. The highest BCUT2D eigenvalue weighted by Crippen LogP contribution is 2.30. The topological polar surface area (TPSA) is 72.9 Å². The van der Waals surface area contributed by atoms with Gasteiger partial charge in [-0.15, -0.1) is 0 Å². The lowest BCUT2D eigenvalue weighted by Gasteiger charge is -2.25. The van der Waals surface area contributed by atoms with Crippen molar-refractivity contribution in [1.29, 1.82) is 0 Å². The fourth-order valence-electron chi connectivity index (χ4n) is 2.48. The summed E-state index contributed by atoms with van der Waals surface area (Å²) in [6.45, 7) is 8.77. The summed E-state index contributed by atoms with van der Waals surface area (Å²) in [5, 5.41) is 0. The van der Waals surface area contributed by atoms with E-state index in [-0.39, 0.29) is 17.4 Å². The van der Waals surface area contributed by atoms with Gasteiger partial charge in [-0.2, -0.15) is 8.42 Å². The predicted octanol–water partition coefficient (Wildman–Crippen LogP) is 3.60. The van der Waals surface area contributed by atoms with E-state index in [2.05, 4.69) is 20.8 Å². The monoisotopic (exact) mass is 385 g/mol. The minimum atomic E-state index is -3.66. The molecule has 0 heterocycles. The number of methoxy groups -OCH3 is 1. The van der Waals surface area contributed by atoms with Crippen LogP contribution < -0.4 is 8.92 Å².